The zero-order valence-electron chi connectivity index (χ0n) is 12.4. The second-order valence-electron chi connectivity index (χ2n) is 6.43. The topological polar surface area (TPSA) is 61.2 Å². The Hall–Kier alpha value is -1.45. The van der Waals surface area contributed by atoms with Gasteiger partial charge in [0.05, 0.1) is 17.4 Å². The Morgan fingerprint density at radius 3 is 2.67 bits per heavy atom. The van der Waals surface area contributed by atoms with Gasteiger partial charge in [0.15, 0.2) is 0 Å². The molecular weight excluding hydrogens is 291 g/mol. The first-order valence-corrected chi connectivity index (χ1v) is 8.44. The summed E-state index contributed by atoms with van der Waals surface area (Å²) in [6.07, 6.45) is 0.806. The van der Waals surface area contributed by atoms with E-state index in [1.165, 1.54) is 16.4 Å². The first-order valence-electron chi connectivity index (χ1n) is 6.83. The average molecular weight is 310 g/mol. The SMILES string of the molecule is C[C@@H]1CC(C)(C)CN1S(=O)(=O)Cc1ccc(F)cc1C#N. The molecule has 0 aliphatic carbocycles. The summed E-state index contributed by atoms with van der Waals surface area (Å²) < 4.78 is 39.8. The molecular formula is C15H19FN2O2S. The Morgan fingerprint density at radius 2 is 2.14 bits per heavy atom. The number of hydrogen-bond donors (Lipinski definition) is 0. The Kier molecular flexibility index (Phi) is 4.09. The molecule has 0 bridgehead atoms. The van der Waals surface area contributed by atoms with Gasteiger partial charge in [-0.1, -0.05) is 19.9 Å². The van der Waals surface area contributed by atoms with Crippen molar-refractivity contribution in [1.29, 1.82) is 5.26 Å². The highest BCUT2D eigenvalue weighted by molar-refractivity contribution is 7.88. The molecule has 1 atom stereocenters. The van der Waals surface area contributed by atoms with Gasteiger partial charge in [-0.15, -0.1) is 0 Å². The van der Waals surface area contributed by atoms with E-state index in [4.69, 9.17) is 5.26 Å². The number of rotatable bonds is 3. The lowest BCUT2D eigenvalue weighted by Gasteiger charge is -2.22. The molecule has 1 fully saturated rings. The monoisotopic (exact) mass is 310 g/mol. The fourth-order valence-electron chi connectivity index (χ4n) is 2.97. The molecule has 0 saturated carbocycles. The fraction of sp³-hybridized carbons (Fsp3) is 0.533. The van der Waals surface area contributed by atoms with Gasteiger partial charge in [-0.3, -0.25) is 0 Å². The third-order valence-electron chi connectivity index (χ3n) is 3.81. The van der Waals surface area contributed by atoms with Gasteiger partial charge in [-0.2, -0.15) is 9.57 Å². The minimum atomic E-state index is -3.52. The minimum Gasteiger partial charge on any atom is -0.212 e. The maximum atomic E-state index is 13.1. The van der Waals surface area contributed by atoms with Crippen LogP contribution in [0.5, 0.6) is 0 Å². The summed E-state index contributed by atoms with van der Waals surface area (Å²) in [6.45, 7) is 6.44. The first-order chi connectivity index (χ1) is 9.64. The highest BCUT2D eigenvalue weighted by atomic mass is 32.2. The van der Waals surface area contributed by atoms with Crippen LogP contribution in [0.4, 0.5) is 4.39 Å². The Balaban J connectivity index is 2.29. The van der Waals surface area contributed by atoms with Gasteiger partial charge in [-0.25, -0.2) is 12.8 Å². The van der Waals surface area contributed by atoms with Crippen LogP contribution in [0.3, 0.4) is 0 Å². The molecule has 1 aliphatic rings. The molecule has 1 aromatic carbocycles. The molecule has 0 amide bonds. The van der Waals surface area contributed by atoms with Gasteiger partial charge in [0, 0.05) is 12.6 Å². The van der Waals surface area contributed by atoms with Crippen molar-refractivity contribution in [1.82, 2.24) is 4.31 Å². The quantitative estimate of drug-likeness (QED) is 0.862. The molecule has 1 aromatic rings. The van der Waals surface area contributed by atoms with Crippen molar-refractivity contribution in [3.63, 3.8) is 0 Å². The van der Waals surface area contributed by atoms with Crippen molar-refractivity contribution in [3.05, 3.63) is 35.1 Å². The second kappa shape index (κ2) is 5.39. The molecule has 0 unspecified atom stereocenters. The van der Waals surface area contributed by atoms with Crippen LogP contribution in [0.25, 0.3) is 0 Å². The zero-order chi connectivity index (χ0) is 15.8. The molecule has 1 heterocycles. The van der Waals surface area contributed by atoms with Gasteiger partial charge >= 0.3 is 0 Å². The Bertz CT molecular complexity index is 692. The van der Waals surface area contributed by atoms with Crippen molar-refractivity contribution in [2.45, 2.75) is 39.0 Å². The highest BCUT2D eigenvalue weighted by Gasteiger charge is 2.41. The summed E-state index contributed by atoms with van der Waals surface area (Å²) >= 11 is 0. The van der Waals surface area contributed by atoms with Crippen molar-refractivity contribution >= 4 is 10.0 Å². The van der Waals surface area contributed by atoms with Crippen LogP contribution in [-0.4, -0.2) is 25.3 Å². The van der Waals surface area contributed by atoms with E-state index in [0.29, 0.717) is 12.1 Å². The van der Waals surface area contributed by atoms with Gasteiger partial charge in [-0.05, 0) is 36.5 Å². The molecule has 114 valence electrons. The maximum absolute atomic E-state index is 13.1. The molecule has 2 rings (SSSR count). The molecule has 0 aromatic heterocycles. The van der Waals surface area contributed by atoms with E-state index < -0.39 is 15.8 Å². The van der Waals surface area contributed by atoms with E-state index in [2.05, 4.69) is 0 Å². The van der Waals surface area contributed by atoms with Crippen molar-refractivity contribution < 1.29 is 12.8 Å². The van der Waals surface area contributed by atoms with E-state index in [9.17, 15) is 12.8 Å². The number of benzene rings is 1. The van der Waals surface area contributed by atoms with Gasteiger partial charge in [0.2, 0.25) is 10.0 Å². The summed E-state index contributed by atoms with van der Waals surface area (Å²) in [5.41, 5.74) is 0.369. The van der Waals surface area contributed by atoms with Crippen LogP contribution in [0.1, 0.15) is 38.3 Å². The summed E-state index contributed by atoms with van der Waals surface area (Å²) in [4.78, 5) is 0. The lowest BCUT2D eigenvalue weighted by Crippen LogP contribution is -2.35. The van der Waals surface area contributed by atoms with E-state index >= 15 is 0 Å². The molecule has 21 heavy (non-hydrogen) atoms. The normalized spacial score (nSPS) is 22.1. The van der Waals surface area contributed by atoms with Crippen molar-refractivity contribution in [2.75, 3.05) is 6.54 Å². The molecule has 0 spiro atoms. The molecule has 4 nitrogen and oxygen atoms in total. The molecule has 1 saturated heterocycles. The maximum Gasteiger partial charge on any atom is 0.218 e. The van der Waals surface area contributed by atoms with Crippen LogP contribution in [-0.2, 0) is 15.8 Å². The van der Waals surface area contributed by atoms with Crippen LogP contribution < -0.4 is 0 Å². The average Bonchev–Trinajstić information content (AvgIpc) is 2.65. The molecule has 0 N–H and O–H groups in total. The third kappa shape index (κ3) is 3.42. The largest absolute Gasteiger partial charge is 0.218 e. The van der Waals surface area contributed by atoms with Crippen LogP contribution in [0.2, 0.25) is 0 Å². The summed E-state index contributed by atoms with van der Waals surface area (Å²) in [6, 6.07) is 5.42. The number of sulfonamides is 1. The number of halogens is 1. The van der Waals surface area contributed by atoms with Gasteiger partial charge in [0.1, 0.15) is 5.82 Å². The fourth-order valence-corrected chi connectivity index (χ4v) is 4.95. The first kappa shape index (κ1) is 15.9. The van der Waals surface area contributed by atoms with E-state index in [1.807, 2.05) is 26.8 Å². The second-order valence-corrected chi connectivity index (χ2v) is 8.35. The lowest BCUT2D eigenvalue weighted by atomic mass is 9.91. The predicted molar refractivity (Wildman–Crippen MR) is 78.3 cm³/mol. The standard InChI is InChI=1S/C15H19FN2O2S/c1-11-7-15(2,3)10-18(11)21(19,20)9-12-4-5-14(16)6-13(12)8-17/h4-6,11H,7,9-10H2,1-3H3/t11-/m1/s1. The van der Waals surface area contributed by atoms with Gasteiger partial charge in [0.25, 0.3) is 0 Å². The predicted octanol–water partition coefficient (Wildman–Crippen LogP) is 2.65. The smallest absolute Gasteiger partial charge is 0.212 e. The Morgan fingerprint density at radius 1 is 1.48 bits per heavy atom. The molecule has 0 radical (unpaired) electrons. The van der Waals surface area contributed by atoms with Crippen LogP contribution in [0, 0.1) is 22.6 Å². The Labute approximate surface area is 125 Å². The third-order valence-corrected chi connectivity index (χ3v) is 5.69. The van der Waals surface area contributed by atoms with Crippen LogP contribution in [0.15, 0.2) is 18.2 Å². The van der Waals surface area contributed by atoms with Crippen LogP contribution >= 0.6 is 0 Å². The zero-order valence-corrected chi connectivity index (χ0v) is 13.2. The van der Waals surface area contributed by atoms with E-state index in [0.717, 1.165) is 12.5 Å². The van der Waals surface area contributed by atoms with Crippen molar-refractivity contribution in [3.8, 4) is 6.07 Å². The van der Waals surface area contributed by atoms with Crippen molar-refractivity contribution in [2.24, 2.45) is 5.41 Å². The summed E-state index contributed by atoms with van der Waals surface area (Å²) in [7, 11) is -3.52. The minimum absolute atomic E-state index is 0.0483. The number of hydrogen-bond acceptors (Lipinski definition) is 3. The molecule has 6 heteroatoms. The number of nitrogens with zero attached hydrogens (tertiary/aromatic N) is 2. The lowest BCUT2D eigenvalue weighted by molar-refractivity contribution is 0.370. The van der Waals surface area contributed by atoms with E-state index in [1.54, 1.807) is 0 Å². The summed E-state index contributed by atoms with van der Waals surface area (Å²) in [5, 5.41) is 9.02. The summed E-state index contributed by atoms with van der Waals surface area (Å²) in [5.74, 6) is -0.806. The molecule has 1 aliphatic heterocycles. The highest BCUT2D eigenvalue weighted by Crippen LogP contribution is 2.36. The number of nitriles is 1. The van der Waals surface area contributed by atoms with E-state index in [-0.39, 0.29) is 22.8 Å². The van der Waals surface area contributed by atoms with Gasteiger partial charge < -0.3 is 0 Å².